The van der Waals surface area contributed by atoms with Gasteiger partial charge in [0.2, 0.25) is 0 Å². The number of halogens is 1. The minimum Gasteiger partial charge on any atom is -0.373 e. The van der Waals surface area contributed by atoms with Crippen LogP contribution in [0.2, 0.25) is 4.34 Å². The summed E-state index contributed by atoms with van der Waals surface area (Å²) in [5.74, 6) is 0.589. The average Bonchev–Trinajstić information content (AvgIpc) is 2.82. The summed E-state index contributed by atoms with van der Waals surface area (Å²) >= 11 is 7.27. The number of aromatic nitrogens is 1. The molecule has 94 valence electrons. The van der Waals surface area contributed by atoms with Crippen LogP contribution >= 0.6 is 22.9 Å². The summed E-state index contributed by atoms with van der Waals surface area (Å²) in [4.78, 5) is 16.9. The molecule has 2 aromatic rings. The van der Waals surface area contributed by atoms with Gasteiger partial charge in [0.15, 0.2) is 0 Å². The molecule has 0 radical (unpaired) electrons. The van der Waals surface area contributed by atoms with Gasteiger partial charge in [0, 0.05) is 18.1 Å². The highest BCUT2D eigenvalue weighted by Gasteiger charge is 2.06. The number of nitrogens with one attached hydrogen (secondary N) is 2. The van der Waals surface area contributed by atoms with Crippen LogP contribution < -0.4 is 10.6 Å². The van der Waals surface area contributed by atoms with Gasteiger partial charge < -0.3 is 10.6 Å². The van der Waals surface area contributed by atoms with Gasteiger partial charge >= 0.3 is 0 Å². The van der Waals surface area contributed by atoms with Crippen LogP contribution in [0.15, 0.2) is 30.5 Å². The van der Waals surface area contributed by atoms with Crippen molar-refractivity contribution in [3.8, 4) is 0 Å². The zero-order valence-corrected chi connectivity index (χ0v) is 11.3. The molecule has 4 nitrogen and oxygen atoms in total. The monoisotopic (exact) mass is 281 g/mol. The van der Waals surface area contributed by atoms with Crippen molar-refractivity contribution in [2.75, 3.05) is 12.4 Å². The van der Waals surface area contributed by atoms with Gasteiger partial charge in [-0.1, -0.05) is 11.6 Å². The first-order valence-electron chi connectivity index (χ1n) is 5.35. The van der Waals surface area contributed by atoms with Crippen molar-refractivity contribution in [1.29, 1.82) is 0 Å². The van der Waals surface area contributed by atoms with E-state index in [-0.39, 0.29) is 5.91 Å². The van der Waals surface area contributed by atoms with Crippen molar-refractivity contribution < 1.29 is 4.79 Å². The predicted molar refractivity (Wildman–Crippen MR) is 74.3 cm³/mol. The molecular formula is C12H12ClN3OS. The summed E-state index contributed by atoms with van der Waals surface area (Å²) in [5, 5.41) is 5.72. The fourth-order valence-corrected chi connectivity index (χ4v) is 2.42. The topological polar surface area (TPSA) is 54.0 Å². The molecule has 0 spiro atoms. The predicted octanol–water partition coefficient (Wildman–Crippen LogP) is 2.77. The molecule has 2 heterocycles. The molecule has 0 atom stereocenters. The molecular weight excluding hydrogens is 270 g/mol. The van der Waals surface area contributed by atoms with Gasteiger partial charge in [-0.2, -0.15) is 0 Å². The number of thiophene rings is 1. The Labute approximate surface area is 114 Å². The maximum atomic E-state index is 11.8. The molecule has 2 aromatic heterocycles. The summed E-state index contributed by atoms with van der Waals surface area (Å²) in [6.45, 7) is 0.476. The summed E-state index contributed by atoms with van der Waals surface area (Å²) in [5.41, 5.74) is 0.539. The SMILES string of the molecule is CNc1ccc(C(=O)NCc2ccc(Cl)s2)cn1. The van der Waals surface area contributed by atoms with Crippen LogP contribution in [-0.4, -0.2) is 17.9 Å². The molecule has 2 rings (SSSR count). The van der Waals surface area contributed by atoms with E-state index in [2.05, 4.69) is 15.6 Å². The molecule has 0 aromatic carbocycles. The quantitative estimate of drug-likeness (QED) is 0.906. The minimum atomic E-state index is -0.144. The Balaban J connectivity index is 1.94. The first kappa shape index (κ1) is 12.9. The van der Waals surface area contributed by atoms with Gasteiger partial charge in [0.25, 0.3) is 5.91 Å². The van der Waals surface area contributed by atoms with E-state index in [1.165, 1.54) is 11.3 Å². The number of anilines is 1. The summed E-state index contributed by atoms with van der Waals surface area (Å²) in [7, 11) is 1.78. The van der Waals surface area contributed by atoms with Crippen molar-refractivity contribution in [2.45, 2.75) is 6.54 Å². The van der Waals surface area contributed by atoms with Crippen molar-refractivity contribution in [1.82, 2.24) is 10.3 Å². The third-order valence-electron chi connectivity index (χ3n) is 2.33. The standard InChI is InChI=1S/C12H12ClN3OS/c1-14-11-5-2-8(6-15-11)12(17)16-7-9-3-4-10(13)18-9/h2-6H,7H2,1H3,(H,14,15)(H,16,17). The van der Waals surface area contributed by atoms with Crippen LogP contribution in [-0.2, 0) is 6.54 Å². The van der Waals surface area contributed by atoms with Crippen LogP contribution in [0.25, 0.3) is 0 Å². The lowest BCUT2D eigenvalue weighted by Gasteiger charge is -2.04. The van der Waals surface area contributed by atoms with Crippen molar-refractivity contribution in [3.63, 3.8) is 0 Å². The first-order chi connectivity index (χ1) is 8.69. The van der Waals surface area contributed by atoms with Crippen LogP contribution in [0.1, 0.15) is 15.2 Å². The normalized spacial score (nSPS) is 10.1. The zero-order chi connectivity index (χ0) is 13.0. The Kier molecular flexibility index (Phi) is 4.17. The van der Waals surface area contributed by atoms with E-state index in [1.807, 2.05) is 12.1 Å². The Hall–Kier alpha value is -1.59. The van der Waals surface area contributed by atoms with E-state index in [9.17, 15) is 4.79 Å². The summed E-state index contributed by atoms with van der Waals surface area (Å²) < 4.78 is 0.722. The minimum absolute atomic E-state index is 0.144. The molecule has 0 aliphatic rings. The summed E-state index contributed by atoms with van der Waals surface area (Å²) in [6, 6.07) is 7.21. The smallest absolute Gasteiger partial charge is 0.253 e. The molecule has 18 heavy (non-hydrogen) atoms. The van der Waals surface area contributed by atoms with E-state index < -0.39 is 0 Å². The number of rotatable bonds is 4. The molecule has 2 N–H and O–H groups in total. The largest absolute Gasteiger partial charge is 0.373 e. The van der Waals surface area contributed by atoms with Gasteiger partial charge in [-0.15, -0.1) is 11.3 Å². The molecule has 0 saturated carbocycles. The van der Waals surface area contributed by atoms with Crippen LogP contribution in [0.4, 0.5) is 5.82 Å². The summed E-state index contributed by atoms with van der Waals surface area (Å²) in [6.07, 6.45) is 1.54. The van der Waals surface area contributed by atoms with E-state index in [4.69, 9.17) is 11.6 Å². The number of amides is 1. The lowest BCUT2D eigenvalue weighted by atomic mass is 10.2. The molecule has 0 saturated heterocycles. The Bertz CT molecular complexity index is 539. The highest BCUT2D eigenvalue weighted by Crippen LogP contribution is 2.21. The van der Waals surface area contributed by atoms with E-state index >= 15 is 0 Å². The number of carbonyl (C=O) groups is 1. The third-order valence-corrected chi connectivity index (χ3v) is 3.56. The van der Waals surface area contributed by atoms with Crippen molar-refractivity contribution in [3.05, 3.63) is 45.2 Å². The van der Waals surface area contributed by atoms with E-state index in [0.29, 0.717) is 12.1 Å². The zero-order valence-electron chi connectivity index (χ0n) is 9.74. The highest BCUT2D eigenvalue weighted by molar-refractivity contribution is 7.16. The average molecular weight is 282 g/mol. The van der Waals surface area contributed by atoms with E-state index in [0.717, 1.165) is 15.0 Å². The van der Waals surface area contributed by atoms with Gasteiger partial charge in [-0.25, -0.2) is 4.98 Å². The number of pyridine rings is 1. The van der Waals surface area contributed by atoms with Crippen molar-refractivity contribution in [2.24, 2.45) is 0 Å². The van der Waals surface area contributed by atoms with Crippen LogP contribution in [0.3, 0.4) is 0 Å². The second-order valence-electron chi connectivity index (χ2n) is 3.57. The third kappa shape index (κ3) is 3.21. The highest BCUT2D eigenvalue weighted by atomic mass is 35.5. The number of nitrogens with zero attached hydrogens (tertiary/aromatic N) is 1. The van der Waals surface area contributed by atoms with Crippen LogP contribution in [0.5, 0.6) is 0 Å². The van der Waals surface area contributed by atoms with Gasteiger partial charge in [0.05, 0.1) is 16.4 Å². The Morgan fingerprint density at radius 1 is 1.39 bits per heavy atom. The fourth-order valence-electron chi connectivity index (χ4n) is 1.39. The Morgan fingerprint density at radius 3 is 2.78 bits per heavy atom. The lowest BCUT2D eigenvalue weighted by Crippen LogP contribution is -2.22. The maximum absolute atomic E-state index is 11.8. The number of hydrogen-bond donors (Lipinski definition) is 2. The van der Waals surface area contributed by atoms with E-state index in [1.54, 1.807) is 25.4 Å². The number of carbonyl (C=O) groups excluding carboxylic acids is 1. The molecule has 0 bridgehead atoms. The number of hydrogen-bond acceptors (Lipinski definition) is 4. The van der Waals surface area contributed by atoms with Crippen molar-refractivity contribution >= 4 is 34.7 Å². The first-order valence-corrected chi connectivity index (χ1v) is 6.54. The fraction of sp³-hybridized carbons (Fsp3) is 0.167. The molecule has 6 heteroatoms. The second kappa shape index (κ2) is 5.84. The van der Waals surface area contributed by atoms with Gasteiger partial charge in [-0.3, -0.25) is 4.79 Å². The van der Waals surface area contributed by atoms with Gasteiger partial charge in [-0.05, 0) is 24.3 Å². The van der Waals surface area contributed by atoms with Gasteiger partial charge in [0.1, 0.15) is 5.82 Å². The molecule has 0 aliphatic heterocycles. The molecule has 1 amide bonds. The Morgan fingerprint density at radius 2 is 2.22 bits per heavy atom. The van der Waals surface area contributed by atoms with Crippen LogP contribution in [0, 0.1) is 0 Å². The maximum Gasteiger partial charge on any atom is 0.253 e. The second-order valence-corrected chi connectivity index (χ2v) is 5.37. The lowest BCUT2D eigenvalue weighted by molar-refractivity contribution is 0.0951. The molecule has 0 unspecified atom stereocenters. The molecule has 0 fully saturated rings. The molecule has 0 aliphatic carbocycles.